The maximum atomic E-state index is 14.0. The molecule has 1 saturated heterocycles. The maximum Gasteiger partial charge on any atom is 0.418 e. The molecule has 0 radical (unpaired) electrons. The number of nitrogens with zero attached hydrogens (tertiary/aromatic N) is 2. The average molecular weight is 387 g/mol. The van der Waals surface area contributed by atoms with Gasteiger partial charge < -0.3 is 15.6 Å². The summed E-state index contributed by atoms with van der Waals surface area (Å²) in [7, 11) is 1.55. The first-order valence-electron chi connectivity index (χ1n) is 8.10. The molecule has 1 aromatic carbocycles. The number of hydrogen-bond acceptors (Lipinski definition) is 3. The molecule has 2 rings (SSSR count). The normalized spacial score (nSPS) is 19.0. The maximum absolute atomic E-state index is 14.0. The number of aliphatic imine (C=N–C) groups is 1. The average Bonchev–Trinajstić information content (AvgIpc) is 2.57. The Kier molecular flexibility index (Phi) is 5.67. The Morgan fingerprint density at radius 3 is 2.59 bits per heavy atom. The minimum Gasteiger partial charge on any atom is -0.313 e. The van der Waals surface area contributed by atoms with Gasteiger partial charge in [0.05, 0.1) is 16.8 Å². The number of alkyl halides is 3. The van der Waals surface area contributed by atoms with Crippen molar-refractivity contribution >= 4 is 17.6 Å². The zero-order valence-electron chi connectivity index (χ0n) is 15.2. The van der Waals surface area contributed by atoms with Crippen molar-refractivity contribution < 1.29 is 22.4 Å². The number of halogens is 4. The van der Waals surface area contributed by atoms with Gasteiger partial charge in [-0.2, -0.15) is 13.2 Å². The number of anilines is 1. The number of benzene rings is 1. The second-order valence-corrected chi connectivity index (χ2v) is 6.45. The number of amides is 2. The summed E-state index contributed by atoms with van der Waals surface area (Å²) in [6.07, 6.45) is -4.50. The first-order chi connectivity index (χ1) is 12.5. The van der Waals surface area contributed by atoms with E-state index in [1.54, 1.807) is 20.9 Å². The van der Waals surface area contributed by atoms with Crippen molar-refractivity contribution in [2.75, 3.05) is 18.9 Å². The second-order valence-electron chi connectivity index (χ2n) is 6.45. The lowest BCUT2D eigenvalue weighted by molar-refractivity contribution is -0.137. The summed E-state index contributed by atoms with van der Waals surface area (Å²) in [6.45, 7) is 7.32. The highest BCUT2D eigenvalue weighted by atomic mass is 19.4. The van der Waals surface area contributed by atoms with Crippen LogP contribution in [0, 0.1) is 5.82 Å². The van der Waals surface area contributed by atoms with E-state index in [1.807, 2.05) is 0 Å². The van der Waals surface area contributed by atoms with Crippen LogP contribution in [0.25, 0.3) is 0 Å². The van der Waals surface area contributed by atoms with Crippen molar-refractivity contribution in [3.05, 3.63) is 41.9 Å². The first kappa shape index (κ1) is 20.5. The van der Waals surface area contributed by atoms with Crippen molar-refractivity contribution in [1.82, 2.24) is 15.8 Å². The number of carbonyl (C=O) groups excluding carboxylic acids is 1. The zero-order chi connectivity index (χ0) is 20.4. The molecular formula is C17H21F4N5O. The van der Waals surface area contributed by atoms with Gasteiger partial charge in [0, 0.05) is 25.7 Å². The van der Waals surface area contributed by atoms with Gasteiger partial charge in [-0.25, -0.2) is 9.18 Å². The molecule has 0 saturated carbocycles. The predicted molar refractivity (Wildman–Crippen MR) is 94.6 cm³/mol. The monoisotopic (exact) mass is 387 g/mol. The van der Waals surface area contributed by atoms with Crippen LogP contribution in [0.2, 0.25) is 0 Å². The molecule has 3 N–H and O–H groups in total. The third-order valence-electron chi connectivity index (χ3n) is 4.41. The summed E-state index contributed by atoms with van der Waals surface area (Å²) in [5, 5.41) is 2.08. The van der Waals surface area contributed by atoms with Gasteiger partial charge in [-0.1, -0.05) is 12.6 Å². The molecule has 6 nitrogen and oxygen atoms in total. The molecule has 0 bridgehead atoms. The van der Waals surface area contributed by atoms with Crippen LogP contribution in [0.5, 0.6) is 0 Å². The topological polar surface area (TPSA) is 68.8 Å². The van der Waals surface area contributed by atoms with E-state index in [1.165, 1.54) is 4.90 Å². The molecule has 1 aliphatic rings. The minimum atomic E-state index is -4.81. The van der Waals surface area contributed by atoms with Gasteiger partial charge in [-0.3, -0.25) is 10.4 Å². The number of carbonyl (C=O) groups is 1. The summed E-state index contributed by atoms with van der Waals surface area (Å²) in [4.78, 5) is 18.1. The van der Waals surface area contributed by atoms with E-state index in [0.717, 1.165) is 12.1 Å². The Morgan fingerprint density at radius 1 is 1.33 bits per heavy atom. The van der Waals surface area contributed by atoms with E-state index in [9.17, 15) is 22.4 Å². The molecule has 27 heavy (non-hydrogen) atoms. The first-order valence-corrected chi connectivity index (χ1v) is 8.10. The molecule has 0 spiro atoms. The van der Waals surface area contributed by atoms with Gasteiger partial charge >= 0.3 is 12.2 Å². The lowest BCUT2D eigenvalue weighted by Gasteiger charge is -2.42. The smallest absolute Gasteiger partial charge is 0.313 e. The molecule has 0 aromatic heterocycles. The summed E-state index contributed by atoms with van der Waals surface area (Å²) in [5.74, 6) is -0.635. The molecular weight excluding hydrogens is 366 g/mol. The third-order valence-corrected chi connectivity index (χ3v) is 4.41. The molecule has 10 heteroatoms. The molecule has 0 aliphatic carbocycles. The van der Waals surface area contributed by atoms with Crippen LogP contribution in [0.15, 0.2) is 35.5 Å². The fourth-order valence-corrected chi connectivity index (χ4v) is 2.61. The van der Waals surface area contributed by atoms with Crippen LogP contribution in [0.3, 0.4) is 0 Å². The lowest BCUT2D eigenvalue weighted by atomic mass is 9.98. The summed E-state index contributed by atoms with van der Waals surface area (Å²) < 4.78 is 53.6. The zero-order valence-corrected chi connectivity index (χ0v) is 15.2. The van der Waals surface area contributed by atoms with Crippen molar-refractivity contribution in [3.8, 4) is 0 Å². The highest BCUT2D eigenvalue weighted by molar-refractivity contribution is 5.92. The molecule has 0 unspecified atom stereocenters. The molecule has 148 valence electrons. The number of para-hydroxylation sites is 1. The Morgan fingerprint density at radius 2 is 2.00 bits per heavy atom. The van der Waals surface area contributed by atoms with Gasteiger partial charge in [0.25, 0.3) is 0 Å². The molecule has 0 atom stereocenters. The van der Waals surface area contributed by atoms with Gasteiger partial charge in [-0.05, 0) is 26.0 Å². The van der Waals surface area contributed by atoms with Crippen molar-refractivity contribution in [2.24, 2.45) is 4.99 Å². The minimum absolute atomic E-state index is 0.134. The van der Waals surface area contributed by atoms with Gasteiger partial charge in [0.1, 0.15) is 11.7 Å². The summed E-state index contributed by atoms with van der Waals surface area (Å²) in [5.41, 5.74) is 2.93. The molecule has 1 aromatic rings. The summed E-state index contributed by atoms with van der Waals surface area (Å²) in [6, 6.07) is 1.63. The fourth-order valence-electron chi connectivity index (χ4n) is 2.61. The van der Waals surface area contributed by atoms with Crippen molar-refractivity contribution in [3.63, 3.8) is 0 Å². The third kappa shape index (κ3) is 4.32. The molecule has 1 aliphatic heterocycles. The number of nitrogens with one attached hydrogen (secondary N) is 3. The number of urea groups is 1. The number of hydrogen-bond donors (Lipinski definition) is 3. The fraction of sp³-hybridized carbons (Fsp3) is 0.412. The Labute approximate surface area is 154 Å². The van der Waals surface area contributed by atoms with E-state index < -0.39 is 34.8 Å². The predicted octanol–water partition coefficient (Wildman–Crippen LogP) is 3.50. The van der Waals surface area contributed by atoms with Crippen molar-refractivity contribution in [1.29, 1.82) is 0 Å². The van der Waals surface area contributed by atoms with E-state index in [2.05, 4.69) is 27.7 Å². The lowest BCUT2D eigenvalue weighted by Crippen LogP contribution is -2.58. The van der Waals surface area contributed by atoms with E-state index >= 15 is 0 Å². The highest BCUT2D eigenvalue weighted by Gasteiger charge is 2.38. The number of amidine groups is 1. The van der Waals surface area contributed by atoms with Crippen molar-refractivity contribution in [2.45, 2.75) is 32.0 Å². The van der Waals surface area contributed by atoms with Crippen LogP contribution in [-0.4, -0.2) is 35.9 Å². The van der Waals surface area contributed by atoms with E-state index in [4.69, 9.17) is 0 Å². The van der Waals surface area contributed by atoms with Gasteiger partial charge in [0.15, 0.2) is 0 Å². The second kappa shape index (κ2) is 7.45. The quantitative estimate of drug-likeness (QED) is 0.646. The number of hydrazine groups is 1. The largest absolute Gasteiger partial charge is 0.418 e. The standard InChI is InChI=1S/C17H21F4N5O/c1-10-16(2,3)26(9-8-13(22-4)25-24-10)15(27)23-14-11(17(19,20)21)6-5-7-12(14)18/h5-7,24H,1,8-9H2,2-4H3,(H,22,25)(H,23,27). The van der Waals surface area contributed by atoms with Crippen LogP contribution in [0.4, 0.5) is 28.0 Å². The van der Waals surface area contributed by atoms with Crippen LogP contribution >= 0.6 is 0 Å². The van der Waals surface area contributed by atoms with E-state index in [0.29, 0.717) is 24.0 Å². The Bertz CT molecular complexity index is 773. The SMILES string of the molecule is C=C1NNC(=NC)CCN(C(=O)Nc2c(F)cccc2C(F)(F)F)C1(C)C. The molecule has 2 amide bonds. The van der Waals surface area contributed by atoms with E-state index in [-0.39, 0.29) is 6.54 Å². The Hall–Kier alpha value is -2.78. The molecule has 1 heterocycles. The van der Waals surface area contributed by atoms with Crippen LogP contribution in [0.1, 0.15) is 25.8 Å². The van der Waals surface area contributed by atoms with Crippen LogP contribution in [-0.2, 0) is 6.18 Å². The summed E-state index contributed by atoms with van der Waals surface area (Å²) >= 11 is 0. The highest BCUT2D eigenvalue weighted by Crippen LogP contribution is 2.36. The van der Waals surface area contributed by atoms with Gasteiger partial charge in [0.2, 0.25) is 0 Å². The van der Waals surface area contributed by atoms with Crippen LogP contribution < -0.4 is 16.2 Å². The van der Waals surface area contributed by atoms with Gasteiger partial charge in [-0.15, -0.1) is 0 Å². The number of rotatable bonds is 1. The Balaban J connectivity index is 2.37. The molecule has 1 fully saturated rings.